The molecule has 1 aromatic carbocycles. The summed E-state index contributed by atoms with van der Waals surface area (Å²) in [5.74, 6) is -0.621. The van der Waals surface area contributed by atoms with Gasteiger partial charge in [-0.3, -0.25) is 0 Å². The van der Waals surface area contributed by atoms with Crippen molar-refractivity contribution in [3.05, 3.63) is 29.8 Å². The minimum Gasteiger partial charge on any atom is -0.497 e. The maximum absolute atomic E-state index is 12.8. The fraction of sp³-hybridized carbons (Fsp3) is 0.571. The molecule has 1 saturated carbocycles. The molecule has 2 N–H and O–H groups in total. The van der Waals surface area contributed by atoms with Crippen LogP contribution in [0.25, 0.3) is 0 Å². The normalized spacial score (nSPS) is 28.2. The Morgan fingerprint density at radius 1 is 1.26 bits per heavy atom. The van der Waals surface area contributed by atoms with Crippen LogP contribution in [-0.4, -0.2) is 13.3 Å². The maximum Gasteiger partial charge on any atom is 0.391 e. The maximum atomic E-state index is 12.8. The van der Waals surface area contributed by atoms with Gasteiger partial charge in [0.1, 0.15) is 5.75 Å². The van der Waals surface area contributed by atoms with Crippen molar-refractivity contribution in [1.29, 1.82) is 0 Å². The second-order valence-corrected chi connectivity index (χ2v) is 5.22. The highest BCUT2D eigenvalue weighted by Gasteiger charge is 2.46. The van der Waals surface area contributed by atoms with Crippen molar-refractivity contribution in [3.63, 3.8) is 0 Å². The Bertz CT molecular complexity index is 429. The minimum atomic E-state index is -4.16. The van der Waals surface area contributed by atoms with Crippen molar-refractivity contribution in [3.8, 4) is 5.75 Å². The summed E-state index contributed by atoms with van der Waals surface area (Å²) in [7, 11) is 1.55. The summed E-state index contributed by atoms with van der Waals surface area (Å²) in [4.78, 5) is 0. The van der Waals surface area contributed by atoms with Gasteiger partial charge in [0.15, 0.2) is 0 Å². The third kappa shape index (κ3) is 3.03. The van der Waals surface area contributed by atoms with Gasteiger partial charge in [0.25, 0.3) is 0 Å². The molecule has 0 radical (unpaired) electrons. The van der Waals surface area contributed by atoms with E-state index in [-0.39, 0.29) is 12.8 Å². The third-order valence-electron chi connectivity index (χ3n) is 3.91. The number of hydrogen-bond donors (Lipinski definition) is 1. The van der Waals surface area contributed by atoms with E-state index in [2.05, 4.69) is 0 Å². The molecule has 0 spiro atoms. The number of ether oxygens (including phenoxy) is 1. The van der Waals surface area contributed by atoms with Crippen LogP contribution in [0.4, 0.5) is 13.2 Å². The molecular formula is C14H18F3NO. The third-order valence-corrected chi connectivity index (χ3v) is 3.91. The standard InChI is InChI=1S/C14H18F3NO/c1-19-12-6-4-10(5-7-12)13(18)8-2-3-11(9-13)14(15,16)17/h4-7,11H,2-3,8-9,18H2,1H3. The second-order valence-electron chi connectivity index (χ2n) is 5.22. The zero-order valence-electron chi connectivity index (χ0n) is 10.8. The van der Waals surface area contributed by atoms with Crippen molar-refractivity contribution < 1.29 is 17.9 Å². The molecule has 2 rings (SSSR count). The Morgan fingerprint density at radius 2 is 1.89 bits per heavy atom. The summed E-state index contributed by atoms with van der Waals surface area (Å²) in [6.45, 7) is 0. The molecule has 2 nitrogen and oxygen atoms in total. The lowest BCUT2D eigenvalue weighted by Crippen LogP contribution is -2.44. The lowest BCUT2D eigenvalue weighted by Gasteiger charge is -2.39. The summed E-state index contributed by atoms with van der Waals surface area (Å²) < 4.78 is 43.6. The van der Waals surface area contributed by atoms with E-state index in [0.717, 1.165) is 5.56 Å². The van der Waals surface area contributed by atoms with Crippen LogP contribution in [-0.2, 0) is 5.54 Å². The summed E-state index contributed by atoms with van der Waals surface area (Å²) in [6, 6.07) is 7.00. The number of halogens is 3. The lowest BCUT2D eigenvalue weighted by atomic mass is 9.72. The van der Waals surface area contributed by atoms with Gasteiger partial charge in [-0.25, -0.2) is 0 Å². The molecule has 106 valence electrons. The lowest BCUT2D eigenvalue weighted by molar-refractivity contribution is -0.187. The molecule has 0 bridgehead atoms. The number of nitrogens with two attached hydrogens (primary N) is 1. The molecule has 2 atom stereocenters. The number of benzene rings is 1. The fourth-order valence-electron chi connectivity index (χ4n) is 2.77. The van der Waals surface area contributed by atoms with Crippen LogP contribution in [0, 0.1) is 5.92 Å². The van der Waals surface area contributed by atoms with Crippen molar-refractivity contribution >= 4 is 0 Å². The largest absolute Gasteiger partial charge is 0.497 e. The molecule has 0 saturated heterocycles. The van der Waals surface area contributed by atoms with Crippen molar-refractivity contribution in [2.24, 2.45) is 11.7 Å². The van der Waals surface area contributed by atoms with Gasteiger partial charge in [-0.15, -0.1) is 0 Å². The Hall–Kier alpha value is -1.23. The van der Waals surface area contributed by atoms with Crippen LogP contribution >= 0.6 is 0 Å². The smallest absolute Gasteiger partial charge is 0.391 e. The summed E-state index contributed by atoms with van der Waals surface area (Å²) in [5, 5.41) is 0. The van der Waals surface area contributed by atoms with E-state index in [9.17, 15) is 13.2 Å². The first-order chi connectivity index (χ1) is 8.85. The average molecular weight is 273 g/mol. The number of hydrogen-bond acceptors (Lipinski definition) is 2. The van der Waals surface area contributed by atoms with Crippen molar-refractivity contribution in [1.82, 2.24) is 0 Å². The Kier molecular flexibility index (Phi) is 3.76. The molecule has 1 fully saturated rings. The Balaban J connectivity index is 2.21. The van der Waals surface area contributed by atoms with Crippen molar-refractivity contribution in [2.45, 2.75) is 37.4 Å². The highest BCUT2D eigenvalue weighted by Crippen LogP contribution is 2.44. The van der Waals surface area contributed by atoms with Crippen LogP contribution in [0.15, 0.2) is 24.3 Å². The quantitative estimate of drug-likeness (QED) is 0.893. The molecule has 0 amide bonds. The van der Waals surface area contributed by atoms with Gasteiger partial charge in [-0.2, -0.15) is 13.2 Å². The van der Waals surface area contributed by atoms with Crippen LogP contribution in [0.3, 0.4) is 0 Å². The van der Waals surface area contributed by atoms with E-state index in [1.54, 1.807) is 31.4 Å². The van der Waals surface area contributed by atoms with E-state index in [1.807, 2.05) is 0 Å². The molecule has 0 aromatic heterocycles. The Labute approximate surface area is 110 Å². The molecule has 1 aliphatic carbocycles. The number of rotatable bonds is 2. The van der Waals surface area contributed by atoms with Gasteiger partial charge in [-0.05, 0) is 37.0 Å². The van der Waals surface area contributed by atoms with Crippen LogP contribution < -0.4 is 10.5 Å². The first kappa shape index (κ1) is 14.2. The SMILES string of the molecule is COc1ccc(C2(N)CCCC(C(F)(F)F)C2)cc1. The summed E-state index contributed by atoms with van der Waals surface area (Å²) >= 11 is 0. The monoisotopic (exact) mass is 273 g/mol. The van der Waals surface area contributed by atoms with Gasteiger partial charge >= 0.3 is 6.18 Å². The summed E-state index contributed by atoms with van der Waals surface area (Å²) in [5.41, 5.74) is 6.09. The van der Waals surface area contributed by atoms with Gasteiger partial charge in [-0.1, -0.05) is 18.6 Å². The number of alkyl halides is 3. The van der Waals surface area contributed by atoms with Gasteiger partial charge in [0.05, 0.1) is 13.0 Å². The molecular weight excluding hydrogens is 255 g/mol. The van der Waals surface area contributed by atoms with Crippen molar-refractivity contribution in [2.75, 3.05) is 7.11 Å². The highest BCUT2D eigenvalue weighted by molar-refractivity contribution is 5.32. The van der Waals surface area contributed by atoms with E-state index in [4.69, 9.17) is 10.5 Å². The molecule has 1 aromatic rings. The van der Waals surface area contributed by atoms with Gasteiger partial charge < -0.3 is 10.5 Å². The first-order valence-corrected chi connectivity index (χ1v) is 6.35. The zero-order chi connectivity index (χ0) is 14.1. The molecule has 1 aliphatic rings. The van der Waals surface area contributed by atoms with E-state index in [1.165, 1.54) is 0 Å². The first-order valence-electron chi connectivity index (χ1n) is 6.35. The molecule has 2 unspecified atom stereocenters. The van der Waals surface area contributed by atoms with E-state index in [0.29, 0.717) is 18.6 Å². The highest BCUT2D eigenvalue weighted by atomic mass is 19.4. The molecule has 19 heavy (non-hydrogen) atoms. The predicted octanol–water partition coefficient (Wildman–Crippen LogP) is 3.60. The second kappa shape index (κ2) is 5.04. The Morgan fingerprint density at radius 3 is 2.42 bits per heavy atom. The van der Waals surface area contributed by atoms with Gasteiger partial charge in [0, 0.05) is 5.54 Å². The average Bonchev–Trinajstić information content (AvgIpc) is 2.38. The topological polar surface area (TPSA) is 35.2 Å². The van der Waals surface area contributed by atoms with E-state index < -0.39 is 17.6 Å². The van der Waals surface area contributed by atoms with Crippen LogP contribution in [0.1, 0.15) is 31.2 Å². The van der Waals surface area contributed by atoms with Crippen LogP contribution in [0.5, 0.6) is 5.75 Å². The molecule has 0 heterocycles. The molecule has 0 aliphatic heterocycles. The van der Waals surface area contributed by atoms with Crippen LogP contribution in [0.2, 0.25) is 0 Å². The minimum absolute atomic E-state index is 0.0389. The predicted molar refractivity (Wildman–Crippen MR) is 66.9 cm³/mol. The number of methoxy groups -OCH3 is 1. The molecule has 5 heteroatoms. The zero-order valence-corrected chi connectivity index (χ0v) is 10.8. The van der Waals surface area contributed by atoms with E-state index >= 15 is 0 Å². The fourth-order valence-corrected chi connectivity index (χ4v) is 2.77. The summed E-state index contributed by atoms with van der Waals surface area (Å²) in [6.07, 6.45) is -2.92. The van der Waals surface area contributed by atoms with Gasteiger partial charge in [0.2, 0.25) is 0 Å².